The summed E-state index contributed by atoms with van der Waals surface area (Å²) in [6.45, 7) is 2.05. The number of nitriles is 1. The van der Waals surface area contributed by atoms with E-state index in [0.717, 1.165) is 16.7 Å². The number of aryl methyl sites for hydroxylation is 2. The third-order valence-corrected chi connectivity index (χ3v) is 4.94. The van der Waals surface area contributed by atoms with Crippen LogP contribution >= 0.6 is 0 Å². The van der Waals surface area contributed by atoms with Crippen LogP contribution in [0.2, 0.25) is 0 Å². The zero-order valence-electron chi connectivity index (χ0n) is 15.8. The maximum Gasteiger partial charge on any atom is 0.250 e. The van der Waals surface area contributed by atoms with E-state index in [0.29, 0.717) is 23.3 Å². The van der Waals surface area contributed by atoms with Gasteiger partial charge in [-0.2, -0.15) is 5.26 Å². The Labute approximate surface area is 163 Å². The van der Waals surface area contributed by atoms with Gasteiger partial charge >= 0.3 is 0 Å². The largest absolute Gasteiger partial charge is 0.411 e. The Balaban J connectivity index is 2.05. The first kappa shape index (κ1) is 19.1. The molecular weight excluding hydrogens is 350 g/mol. The van der Waals surface area contributed by atoms with Crippen LogP contribution < -0.4 is 5.56 Å². The van der Waals surface area contributed by atoms with Gasteiger partial charge in [0.25, 0.3) is 0 Å². The lowest BCUT2D eigenvalue weighted by Crippen LogP contribution is -2.18. The first-order valence-electron chi connectivity index (χ1n) is 8.97. The Hall–Kier alpha value is -3.65. The van der Waals surface area contributed by atoms with Gasteiger partial charge in [0.15, 0.2) is 0 Å². The zero-order chi connectivity index (χ0) is 20.1. The number of pyridine rings is 1. The van der Waals surface area contributed by atoms with Gasteiger partial charge in [-0.05, 0) is 41.8 Å². The molecule has 0 spiro atoms. The molecule has 0 saturated carbocycles. The third kappa shape index (κ3) is 4.02. The number of oxime groups is 1. The monoisotopic (exact) mass is 371 g/mol. The molecule has 2 aromatic carbocycles. The van der Waals surface area contributed by atoms with Gasteiger partial charge < -0.3 is 9.77 Å². The van der Waals surface area contributed by atoms with E-state index in [1.807, 2.05) is 37.3 Å². The molecule has 3 rings (SSSR count). The zero-order valence-corrected chi connectivity index (χ0v) is 15.8. The van der Waals surface area contributed by atoms with Crippen LogP contribution in [0.5, 0.6) is 0 Å². The van der Waals surface area contributed by atoms with Crippen molar-refractivity contribution in [2.24, 2.45) is 12.2 Å². The van der Waals surface area contributed by atoms with Crippen molar-refractivity contribution in [1.29, 1.82) is 5.26 Å². The van der Waals surface area contributed by atoms with Crippen molar-refractivity contribution in [3.63, 3.8) is 0 Å². The first-order chi connectivity index (χ1) is 13.5. The van der Waals surface area contributed by atoms with E-state index in [4.69, 9.17) is 5.26 Å². The fourth-order valence-electron chi connectivity index (χ4n) is 3.35. The maximum absolute atomic E-state index is 11.7. The summed E-state index contributed by atoms with van der Waals surface area (Å²) in [4.78, 5) is 11.7. The summed E-state index contributed by atoms with van der Waals surface area (Å²) in [6, 6.07) is 20.8. The number of aromatic nitrogens is 1. The molecule has 0 saturated heterocycles. The standard InChI is InChI=1S/C23H21N3O2/c1-16-5-3-4-6-20(16)21(18-9-7-17(14-24)8-10-18)13-22(25-28)19-11-12-23(27)26(2)15-19/h3-12,15,21,28H,13H2,1-2H3/b25-22-/t21-/m1/s1. The smallest absolute Gasteiger partial charge is 0.250 e. The minimum Gasteiger partial charge on any atom is -0.411 e. The molecule has 28 heavy (non-hydrogen) atoms. The van der Waals surface area contributed by atoms with Gasteiger partial charge in [-0.15, -0.1) is 0 Å². The number of rotatable bonds is 5. The van der Waals surface area contributed by atoms with Gasteiger partial charge in [0.1, 0.15) is 0 Å². The molecule has 0 unspecified atom stereocenters. The molecule has 140 valence electrons. The van der Waals surface area contributed by atoms with Crippen LogP contribution in [-0.4, -0.2) is 15.5 Å². The van der Waals surface area contributed by atoms with Crippen molar-refractivity contribution in [2.45, 2.75) is 19.3 Å². The lowest BCUT2D eigenvalue weighted by Gasteiger charge is -2.21. The molecule has 0 fully saturated rings. The predicted octanol–water partition coefficient (Wildman–Crippen LogP) is 3.97. The fourth-order valence-corrected chi connectivity index (χ4v) is 3.35. The summed E-state index contributed by atoms with van der Waals surface area (Å²) in [7, 11) is 1.67. The third-order valence-electron chi connectivity index (χ3n) is 4.94. The highest BCUT2D eigenvalue weighted by molar-refractivity contribution is 6.00. The molecule has 1 aromatic heterocycles. The summed E-state index contributed by atoms with van der Waals surface area (Å²) >= 11 is 0. The molecule has 5 heteroatoms. The van der Waals surface area contributed by atoms with Crippen LogP contribution in [-0.2, 0) is 7.05 Å². The van der Waals surface area contributed by atoms with E-state index < -0.39 is 0 Å². The maximum atomic E-state index is 11.7. The molecule has 0 radical (unpaired) electrons. The predicted molar refractivity (Wildman–Crippen MR) is 109 cm³/mol. The second-order valence-electron chi connectivity index (χ2n) is 6.76. The van der Waals surface area contributed by atoms with E-state index in [9.17, 15) is 10.0 Å². The molecule has 0 aliphatic rings. The Kier molecular flexibility index (Phi) is 5.71. The van der Waals surface area contributed by atoms with Crippen molar-refractivity contribution in [2.75, 3.05) is 0 Å². The van der Waals surface area contributed by atoms with Crippen LogP contribution in [0.1, 0.15) is 40.2 Å². The van der Waals surface area contributed by atoms with Crippen LogP contribution in [0.15, 0.2) is 76.8 Å². The average molecular weight is 371 g/mol. The Morgan fingerprint density at radius 2 is 1.86 bits per heavy atom. The number of nitrogens with zero attached hydrogens (tertiary/aromatic N) is 3. The van der Waals surface area contributed by atoms with Crippen LogP contribution in [0.25, 0.3) is 0 Å². The van der Waals surface area contributed by atoms with Crippen molar-refractivity contribution in [3.05, 3.63) is 105 Å². The highest BCUT2D eigenvalue weighted by atomic mass is 16.4. The highest BCUT2D eigenvalue weighted by Crippen LogP contribution is 2.32. The minimum atomic E-state index is -0.122. The second kappa shape index (κ2) is 8.36. The summed E-state index contributed by atoms with van der Waals surface area (Å²) < 4.78 is 1.46. The van der Waals surface area contributed by atoms with E-state index in [1.54, 1.807) is 31.4 Å². The molecule has 1 N–H and O–H groups in total. The minimum absolute atomic E-state index is 0.0583. The molecular formula is C23H21N3O2. The summed E-state index contributed by atoms with van der Waals surface area (Å²) in [5.74, 6) is -0.0583. The van der Waals surface area contributed by atoms with E-state index in [2.05, 4.69) is 17.3 Å². The van der Waals surface area contributed by atoms with Crippen LogP contribution in [0.4, 0.5) is 0 Å². The van der Waals surface area contributed by atoms with Crippen LogP contribution in [0.3, 0.4) is 0 Å². The average Bonchev–Trinajstić information content (AvgIpc) is 2.72. The van der Waals surface area contributed by atoms with Gasteiger partial charge in [-0.25, -0.2) is 0 Å². The highest BCUT2D eigenvalue weighted by Gasteiger charge is 2.20. The molecule has 0 bridgehead atoms. The van der Waals surface area contributed by atoms with Gasteiger partial charge in [-0.3, -0.25) is 4.79 Å². The Bertz CT molecular complexity index is 1110. The lowest BCUT2D eigenvalue weighted by molar-refractivity contribution is 0.317. The molecule has 0 aliphatic carbocycles. The molecule has 0 aliphatic heterocycles. The van der Waals surface area contributed by atoms with Crippen molar-refractivity contribution < 1.29 is 5.21 Å². The van der Waals surface area contributed by atoms with E-state index in [1.165, 1.54) is 10.6 Å². The SMILES string of the molecule is Cc1ccccc1[C@H](C/C(=N/O)c1ccc(=O)n(C)c1)c1ccc(C#N)cc1. The molecule has 5 nitrogen and oxygen atoms in total. The van der Waals surface area contributed by atoms with Crippen LogP contribution in [0, 0.1) is 18.3 Å². The van der Waals surface area contributed by atoms with E-state index >= 15 is 0 Å². The van der Waals surface area contributed by atoms with Crippen molar-refractivity contribution in [1.82, 2.24) is 4.57 Å². The molecule has 3 aromatic rings. The number of benzene rings is 2. The first-order valence-corrected chi connectivity index (χ1v) is 8.97. The molecule has 0 amide bonds. The van der Waals surface area contributed by atoms with Gasteiger partial charge in [0.05, 0.1) is 17.3 Å². The topological polar surface area (TPSA) is 78.4 Å². The molecule has 1 atom stereocenters. The Morgan fingerprint density at radius 1 is 1.14 bits per heavy atom. The van der Waals surface area contributed by atoms with Crippen molar-refractivity contribution in [3.8, 4) is 6.07 Å². The fraction of sp³-hybridized carbons (Fsp3) is 0.174. The van der Waals surface area contributed by atoms with Gasteiger partial charge in [0.2, 0.25) is 5.56 Å². The summed E-state index contributed by atoms with van der Waals surface area (Å²) in [6.07, 6.45) is 2.12. The lowest BCUT2D eigenvalue weighted by atomic mass is 9.83. The normalized spacial score (nSPS) is 12.4. The van der Waals surface area contributed by atoms with Gasteiger partial charge in [-0.1, -0.05) is 41.6 Å². The number of hydrogen-bond donors (Lipinski definition) is 1. The second-order valence-corrected chi connectivity index (χ2v) is 6.76. The number of hydrogen-bond acceptors (Lipinski definition) is 4. The summed E-state index contributed by atoms with van der Waals surface area (Å²) in [5.41, 5.74) is 4.95. The Morgan fingerprint density at radius 3 is 2.46 bits per heavy atom. The molecule has 1 heterocycles. The van der Waals surface area contributed by atoms with Crippen molar-refractivity contribution >= 4 is 5.71 Å². The summed E-state index contributed by atoms with van der Waals surface area (Å²) in [5, 5.41) is 22.3. The quantitative estimate of drug-likeness (QED) is 0.419. The van der Waals surface area contributed by atoms with E-state index in [-0.39, 0.29) is 11.5 Å². The van der Waals surface area contributed by atoms with Gasteiger partial charge in [0, 0.05) is 37.2 Å².